The fourth-order valence-corrected chi connectivity index (χ4v) is 3.33. The minimum Gasteiger partial charge on any atom is -0.358 e. The minimum atomic E-state index is -0.167. The SMILES string of the molecule is O=C(CC[NH+]1CCN(c2ccccc2F)CC1)Nc1ccc(Br)cc1. The molecule has 1 heterocycles. The highest BCUT2D eigenvalue weighted by Crippen LogP contribution is 2.18. The number of rotatable bonds is 5. The molecular weight excluding hydrogens is 385 g/mol. The topological polar surface area (TPSA) is 36.8 Å². The van der Waals surface area contributed by atoms with E-state index in [2.05, 4.69) is 26.1 Å². The summed E-state index contributed by atoms with van der Waals surface area (Å²) in [5.41, 5.74) is 1.49. The first-order chi connectivity index (χ1) is 12.1. The second-order valence-electron chi connectivity index (χ2n) is 6.24. The smallest absolute Gasteiger partial charge is 0.230 e. The number of hydrogen-bond donors (Lipinski definition) is 2. The van der Waals surface area contributed by atoms with Gasteiger partial charge in [-0.2, -0.15) is 0 Å². The molecule has 3 rings (SSSR count). The maximum atomic E-state index is 13.9. The van der Waals surface area contributed by atoms with Gasteiger partial charge < -0.3 is 15.1 Å². The number of quaternary nitrogens is 1. The van der Waals surface area contributed by atoms with Gasteiger partial charge in [0.05, 0.1) is 44.8 Å². The van der Waals surface area contributed by atoms with Crippen LogP contribution < -0.4 is 15.1 Å². The van der Waals surface area contributed by atoms with Crippen molar-refractivity contribution in [1.29, 1.82) is 0 Å². The van der Waals surface area contributed by atoms with Gasteiger partial charge in [-0.25, -0.2) is 4.39 Å². The van der Waals surface area contributed by atoms with E-state index in [1.165, 1.54) is 11.0 Å². The standard InChI is InChI=1S/C19H21BrFN3O/c20-15-5-7-16(8-6-15)22-19(25)9-10-23-11-13-24(14-12-23)18-4-2-1-3-17(18)21/h1-8H,9-14H2,(H,22,25)/p+1. The van der Waals surface area contributed by atoms with Gasteiger partial charge in [0.25, 0.3) is 0 Å². The van der Waals surface area contributed by atoms with Crippen molar-refractivity contribution in [2.75, 3.05) is 42.9 Å². The third kappa shape index (κ3) is 5.03. The number of benzene rings is 2. The summed E-state index contributed by atoms with van der Waals surface area (Å²) in [6.07, 6.45) is 0.491. The van der Waals surface area contributed by atoms with Gasteiger partial charge in [-0.05, 0) is 36.4 Å². The van der Waals surface area contributed by atoms with Crippen LogP contribution in [0, 0.1) is 5.82 Å². The molecule has 25 heavy (non-hydrogen) atoms. The number of piperazine rings is 1. The lowest BCUT2D eigenvalue weighted by Gasteiger charge is -2.33. The monoisotopic (exact) mass is 406 g/mol. The molecule has 2 aromatic carbocycles. The van der Waals surface area contributed by atoms with Crippen LogP contribution in [0.1, 0.15) is 6.42 Å². The average molecular weight is 407 g/mol. The predicted octanol–water partition coefficient (Wildman–Crippen LogP) is 2.32. The fraction of sp³-hybridized carbons (Fsp3) is 0.316. The molecule has 0 radical (unpaired) electrons. The molecule has 4 nitrogen and oxygen atoms in total. The largest absolute Gasteiger partial charge is 0.358 e. The lowest BCUT2D eigenvalue weighted by atomic mass is 10.2. The van der Waals surface area contributed by atoms with Crippen LogP contribution in [0.5, 0.6) is 0 Å². The summed E-state index contributed by atoms with van der Waals surface area (Å²) in [6.45, 7) is 4.25. The number of anilines is 2. The number of nitrogens with one attached hydrogen (secondary N) is 2. The molecule has 0 aliphatic carbocycles. The van der Waals surface area contributed by atoms with E-state index in [0.29, 0.717) is 12.1 Å². The maximum absolute atomic E-state index is 13.9. The van der Waals surface area contributed by atoms with Crippen LogP contribution in [0.4, 0.5) is 15.8 Å². The van der Waals surface area contributed by atoms with E-state index < -0.39 is 0 Å². The van der Waals surface area contributed by atoms with E-state index in [1.54, 1.807) is 6.07 Å². The van der Waals surface area contributed by atoms with Gasteiger partial charge in [0.1, 0.15) is 5.82 Å². The van der Waals surface area contributed by atoms with Crippen LogP contribution in [0.3, 0.4) is 0 Å². The third-order valence-electron chi connectivity index (χ3n) is 4.50. The summed E-state index contributed by atoms with van der Waals surface area (Å²) >= 11 is 3.38. The number of para-hydroxylation sites is 1. The van der Waals surface area contributed by atoms with E-state index in [1.807, 2.05) is 36.4 Å². The van der Waals surface area contributed by atoms with Crippen LogP contribution in [-0.2, 0) is 4.79 Å². The number of hydrogen-bond acceptors (Lipinski definition) is 2. The van der Waals surface area contributed by atoms with Gasteiger partial charge in [-0.1, -0.05) is 28.1 Å². The molecule has 2 aromatic rings. The molecule has 6 heteroatoms. The second-order valence-corrected chi connectivity index (χ2v) is 7.16. The maximum Gasteiger partial charge on any atom is 0.230 e. The number of carbonyl (C=O) groups excluding carboxylic acids is 1. The first-order valence-corrected chi connectivity index (χ1v) is 9.29. The quantitative estimate of drug-likeness (QED) is 0.799. The van der Waals surface area contributed by atoms with Crippen molar-refractivity contribution in [1.82, 2.24) is 0 Å². The second kappa shape index (κ2) is 8.45. The summed E-state index contributed by atoms with van der Waals surface area (Å²) < 4.78 is 14.8. The van der Waals surface area contributed by atoms with Crippen molar-refractivity contribution >= 4 is 33.2 Å². The van der Waals surface area contributed by atoms with Gasteiger partial charge >= 0.3 is 0 Å². The Balaban J connectivity index is 1.42. The van der Waals surface area contributed by atoms with Gasteiger partial charge in [0.2, 0.25) is 5.91 Å². The predicted molar refractivity (Wildman–Crippen MR) is 102 cm³/mol. The zero-order valence-corrected chi connectivity index (χ0v) is 15.6. The lowest BCUT2D eigenvalue weighted by Crippen LogP contribution is -3.15. The average Bonchev–Trinajstić information content (AvgIpc) is 2.63. The summed E-state index contributed by atoms with van der Waals surface area (Å²) in [5, 5.41) is 2.92. The summed E-state index contributed by atoms with van der Waals surface area (Å²) in [4.78, 5) is 15.5. The molecule has 0 atom stereocenters. The molecule has 0 bridgehead atoms. The van der Waals surface area contributed by atoms with Gasteiger partial charge in [0.15, 0.2) is 0 Å². The Hall–Kier alpha value is -1.92. The molecule has 1 aliphatic rings. The number of halogens is 2. The molecule has 1 fully saturated rings. The number of carbonyl (C=O) groups is 1. The zero-order valence-electron chi connectivity index (χ0n) is 14.0. The van der Waals surface area contributed by atoms with E-state index >= 15 is 0 Å². The summed E-state index contributed by atoms with van der Waals surface area (Å²) in [7, 11) is 0. The Morgan fingerprint density at radius 1 is 1.12 bits per heavy atom. The first-order valence-electron chi connectivity index (χ1n) is 8.50. The molecule has 0 aromatic heterocycles. The Kier molecular flexibility index (Phi) is 6.04. The third-order valence-corrected chi connectivity index (χ3v) is 5.03. The van der Waals surface area contributed by atoms with Crippen molar-refractivity contribution < 1.29 is 14.1 Å². The Labute approximate surface area is 155 Å². The van der Waals surface area contributed by atoms with Gasteiger partial charge in [-0.15, -0.1) is 0 Å². The fourth-order valence-electron chi connectivity index (χ4n) is 3.07. The van der Waals surface area contributed by atoms with Crippen molar-refractivity contribution in [2.45, 2.75) is 6.42 Å². The van der Waals surface area contributed by atoms with E-state index in [4.69, 9.17) is 0 Å². The van der Waals surface area contributed by atoms with E-state index in [9.17, 15) is 9.18 Å². The molecule has 0 unspecified atom stereocenters. The van der Waals surface area contributed by atoms with Crippen molar-refractivity contribution in [3.05, 3.63) is 58.8 Å². The first kappa shape index (κ1) is 17.9. The molecular formula is C19H22BrFN3O+. The summed E-state index contributed by atoms with van der Waals surface area (Å²) in [5.74, 6) is -0.133. The molecule has 1 amide bonds. The van der Waals surface area contributed by atoms with Crippen LogP contribution in [0.25, 0.3) is 0 Å². The number of nitrogens with zero attached hydrogens (tertiary/aromatic N) is 1. The highest BCUT2D eigenvalue weighted by Gasteiger charge is 2.22. The Morgan fingerprint density at radius 3 is 2.48 bits per heavy atom. The number of amides is 1. The molecule has 1 saturated heterocycles. The van der Waals surface area contributed by atoms with E-state index in [-0.39, 0.29) is 11.7 Å². The Bertz CT molecular complexity index is 715. The minimum absolute atomic E-state index is 0.0337. The normalized spacial score (nSPS) is 15.2. The lowest BCUT2D eigenvalue weighted by molar-refractivity contribution is -0.900. The summed E-state index contributed by atoms with van der Waals surface area (Å²) in [6, 6.07) is 14.5. The van der Waals surface area contributed by atoms with E-state index in [0.717, 1.165) is 42.9 Å². The molecule has 1 aliphatic heterocycles. The van der Waals surface area contributed by atoms with Gasteiger partial charge in [0, 0.05) is 10.2 Å². The van der Waals surface area contributed by atoms with Crippen LogP contribution >= 0.6 is 15.9 Å². The molecule has 0 saturated carbocycles. The highest BCUT2D eigenvalue weighted by molar-refractivity contribution is 9.10. The van der Waals surface area contributed by atoms with Crippen molar-refractivity contribution in [3.63, 3.8) is 0 Å². The Morgan fingerprint density at radius 2 is 1.80 bits per heavy atom. The molecule has 2 N–H and O–H groups in total. The zero-order chi connectivity index (χ0) is 17.6. The molecule has 132 valence electrons. The van der Waals surface area contributed by atoms with Crippen LogP contribution in [0.2, 0.25) is 0 Å². The van der Waals surface area contributed by atoms with Crippen LogP contribution in [0.15, 0.2) is 53.0 Å². The van der Waals surface area contributed by atoms with Crippen molar-refractivity contribution in [2.24, 2.45) is 0 Å². The van der Waals surface area contributed by atoms with Crippen LogP contribution in [-0.4, -0.2) is 38.6 Å². The molecule has 0 spiro atoms. The highest BCUT2D eigenvalue weighted by atomic mass is 79.9. The van der Waals surface area contributed by atoms with Crippen molar-refractivity contribution in [3.8, 4) is 0 Å². The van der Waals surface area contributed by atoms with Gasteiger partial charge in [-0.3, -0.25) is 4.79 Å².